The van der Waals surface area contributed by atoms with Crippen LogP contribution in [0.5, 0.6) is 0 Å². The maximum Gasteiger partial charge on any atom is 0.147 e. The van der Waals surface area contributed by atoms with E-state index in [2.05, 4.69) is 54.7 Å². The van der Waals surface area contributed by atoms with E-state index in [0.717, 1.165) is 71.9 Å². The molecule has 0 unspecified atom stereocenters. The van der Waals surface area contributed by atoms with Crippen LogP contribution in [0, 0.1) is 0 Å². The SMILES string of the molecule is c1ccc2c(c1)oc1c2cc(-c2ccc(-c3cn4ccccc4n3)cc2)c2oc3ccccc3c21. The molecule has 8 rings (SSSR count). The molecule has 164 valence electrons. The fourth-order valence-electron chi connectivity index (χ4n) is 5.17. The highest BCUT2D eigenvalue weighted by Gasteiger charge is 2.20. The van der Waals surface area contributed by atoms with Gasteiger partial charge in [-0.2, -0.15) is 0 Å². The number of aromatic nitrogens is 2. The molecule has 35 heavy (non-hydrogen) atoms. The van der Waals surface area contributed by atoms with Crippen molar-refractivity contribution >= 4 is 49.5 Å². The molecule has 0 amide bonds. The van der Waals surface area contributed by atoms with Crippen LogP contribution in [-0.4, -0.2) is 9.38 Å². The number of hydrogen-bond acceptors (Lipinski definition) is 3. The molecule has 4 heteroatoms. The highest BCUT2D eigenvalue weighted by atomic mass is 16.3. The summed E-state index contributed by atoms with van der Waals surface area (Å²) in [6.07, 6.45) is 4.08. The molecule has 4 heterocycles. The van der Waals surface area contributed by atoms with E-state index in [0.29, 0.717) is 0 Å². The van der Waals surface area contributed by atoms with Crippen molar-refractivity contribution < 1.29 is 8.83 Å². The Morgan fingerprint density at radius 3 is 2.11 bits per heavy atom. The minimum absolute atomic E-state index is 0.846. The van der Waals surface area contributed by atoms with E-state index in [9.17, 15) is 0 Å². The van der Waals surface area contributed by atoms with Gasteiger partial charge in [0.25, 0.3) is 0 Å². The van der Waals surface area contributed by atoms with E-state index in [-0.39, 0.29) is 0 Å². The van der Waals surface area contributed by atoms with E-state index in [4.69, 9.17) is 13.8 Å². The fraction of sp³-hybridized carbons (Fsp3) is 0. The van der Waals surface area contributed by atoms with Gasteiger partial charge in [-0.15, -0.1) is 0 Å². The molecule has 0 aliphatic heterocycles. The summed E-state index contributed by atoms with van der Waals surface area (Å²) in [4.78, 5) is 4.76. The van der Waals surface area contributed by atoms with Gasteiger partial charge in [0.1, 0.15) is 28.0 Å². The molecular weight excluding hydrogens is 432 g/mol. The Bertz CT molecular complexity index is 2020. The first-order valence-electron chi connectivity index (χ1n) is 11.6. The zero-order valence-corrected chi connectivity index (χ0v) is 18.6. The lowest BCUT2D eigenvalue weighted by Gasteiger charge is -2.05. The summed E-state index contributed by atoms with van der Waals surface area (Å²) in [5, 5.41) is 4.29. The van der Waals surface area contributed by atoms with Crippen LogP contribution in [-0.2, 0) is 0 Å². The van der Waals surface area contributed by atoms with Gasteiger partial charge in [0.05, 0.1) is 11.1 Å². The van der Waals surface area contributed by atoms with Crippen LogP contribution in [0.4, 0.5) is 0 Å². The van der Waals surface area contributed by atoms with Crippen LogP contribution in [0.2, 0.25) is 0 Å². The topological polar surface area (TPSA) is 43.6 Å². The minimum atomic E-state index is 0.846. The monoisotopic (exact) mass is 450 g/mol. The molecular formula is C31H18N2O2. The number of hydrogen-bond donors (Lipinski definition) is 0. The smallest absolute Gasteiger partial charge is 0.147 e. The zero-order chi connectivity index (χ0) is 22.9. The van der Waals surface area contributed by atoms with E-state index in [1.54, 1.807) is 0 Å². The second kappa shape index (κ2) is 6.84. The lowest BCUT2D eigenvalue weighted by molar-refractivity contribution is 0.663. The van der Waals surface area contributed by atoms with Crippen LogP contribution in [0.25, 0.3) is 71.9 Å². The number of benzene rings is 4. The Morgan fingerprint density at radius 2 is 1.29 bits per heavy atom. The molecule has 4 aromatic carbocycles. The van der Waals surface area contributed by atoms with Crippen molar-refractivity contribution in [1.29, 1.82) is 0 Å². The minimum Gasteiger partial charge on any atom is -0.455 e. The molecule has 0 fully saturated rings. The second-order valence-corrected chi connectivity index (χ2v) is 8.87. The molecule has 0 N–H and O–H groups in total. The molecule has 4 aromatic heterocycles. The average molecular weight is 450 g/mol. The summed E-state index contributed by atoms with van der Waals surface area (Å²) >= 11 is 0. The molecule has 0 saturated carbocycles. The van der Waals surface area contributed by atoms with Crippen molar-refractivity contribution in [2.45, 2.75) is 0 Å². The highest BCUT2D eigenvalue weighted by molar-refractivity contribution is 6.25. The van der Waals surface area contributed by atoms with Gasteiger partial charge in [-0.3, -0.25) is 0 Å². The largest absolute Gasteiger partial charge is 0.455 e. The van der Waals surface area contributed by atoms with Crippen molar-refractivity contribution in [2.75, 3.05) is 0 Å². The lowest BCUT2D eigenvalue weighted by atomic mass is 9.97. The van der Waals surface area contributed by atoms with Gasteiger partial charge in [-0.05, 0) is 35.9 Å². The number of imidazole rings is 1. The van der Waals surface area contributed by atoms with Crippen LogP contribution < -0.4 is 0 Å². The molecule has 8 aromatic rings. The normalized spacial score (nSPS) is 12.0. The van der Waals surface area contributed by atoms with Gasteiger partial charge >= 0.3 is 0 Å². The quantitative estimate of drug-likeness (QED) is 0.265. The van der Waals surface area contributed by atoms with E-state index < -0.39 is 0 Å². The summed E-state index contributed by atoms with van der Waals surface area (Å²) in [7, 11) is 0. The third-order valence-corrected chi connectivity index (χ3v) is 6.85. The van der Waals surface area contributed by atoms with Crippen LogP contribution in [0.3, 0.4) is 0 Å². The summed E-state index contributed by atoms with van der Waals surface area (Å²) in [5.41, 5.74) is 8.57. The molecule has 0 atom stereocenters. The van der Waals surface area contributed by atoms with E-state index in [1.807, 2.05) is 59.1 Å². The van der Waals surface area contributed by atoms with Crippen molar-refractivity contribution in [3.8, 4) is 22.4 Å². The Balaban J connectivity index is 1.38. The number of rotatable bonds is 2. The summed E-state index contributed by atoms with van der Waals surface area (Å²) in [6.45, 7) is 0. The lowest BCUT2D eigenvalue weighted by Crippen LogP contribution is -1.82. The number of pyridine rings is 1. The predicted molar refractivity (Wildman–Crippen MR) is 141 cm³/mol. The average Bonchev–Trinajstić information content (AvgIpc) is 3.61. The predicted octanol–water partition coefficient (Wildman–Crippen LogP) is 8.47. The third kappa shape index (κ3) is 2.65. The first-order valence-corrected chi connectivity index (χ1v) is 11.6. The molecule has 0 saturated heterocycles. The molecule has 4 nitrogen and oxygen atoms in total. The number of furan rings is 2. The maximum atomic E-state index is 6.42. The second-order valence-electron chi connectivity index (χ2n) is 8.87. The van der Waals surface area contributed by atoms with Crippen molar-refractivity contribution in [1.82, 2.24) is 9.38 Å². The van der Waals surface area contributed by atoms with Crippen LogP contribution in [0.1, 0.15) is 0 Å². The van der Waals surface area contributed by atoms with Crippen molar-refractivity contribution in [2.24, 2.45) is 0 Å². The maximum absolute atomic E-state index is 6.42. The molecule has 0 aliphatic carbocycles. The van der Waals surface area contributed by atoms with Gasteiger partial charge in [0, 0.05) is 39.7 Å². The number of fused-ring (bicyclic) bond motifs is 8. The fourth-order valence-corrected chi connectivity index (χ4v) is 5.17. The van der Waals surface area contributed by atoms with Crippen LogP contribution >= 0.6 is 0 Å². The Kier molecular flexibility index (Phi) is 3.63. The zero-order valence-electron chi connectivity index (χ0n) is 18.6. The standard InChI is InChI=1S/C31H18N2O2/c1-3-9-26-21(7-1)24-17-23(30-29(31(24)34-26)22-8-2-4-10-27(22)35-30)19-12-14-20(15-13-19)25-18-33-16-6-5-11-28(33)32-25/h1-18H. The first-order chi connectivity index (χ1) is 17.3. The molecule has 0 bridgehead atoms. The van der Waals surface area contributed by atoms with Gasteiger partial charge < -0.3 is 13.2 Å². The Hall–Kier alpha value is -4.83. The highest BCUT2D eigenvalue weighted by Crippen LogP contribution is 2.44. The van der Waals surface area contributed by atoms with Crippen molar-refractivity contribution in [3.63, 3.8) is 0 Å². The Labute approximate surface area is 199 Å². The van der Waals surface area contributed by atoms with Crippen LogP contribution in [0.15, 0.2) is 118 Å². The van der Waals surface area contributed by atoms with E-state index in [1.165, 1.54) is 0 Å². The molecule has 0 spiro atoms. The van der Waals surface area contributed by atoms with Crippen molar-refractivity contribution in [3.05, 3.63) is 109 Å². The van der Waals surface area contributed by atoms with Gasteiger partial charge in [-0.1, -0.05) is 66.7 Å². The first kappa shape index (κ1) is 18.6. The van der Waals surface area contributed by atoms with E-state index >= 15 is 0 Å². The van der Waals surface area contributed by atoms with Gasteiger partial charge in [0.15, 0.2) is 0 Å². The summed E-state index contributed by atoms with van der Waals surface area (Å²) in [5.74, 6) is 0. The van der Waals surface area contributed by atoms with Gasteiger partial charge in [-0.25, -0.2) is 4.98 Å². The third-order valence-electron chi connectivity index (χ3n) is 6.85. The number of nitrogens with zero attached hydrogens (tertiary/aromatic N) is 2. The number of para-hydroxylation sites is 2. The Morgan fingerprint density at radius 1 is 0.600 bits per heavy atom. The molecule has 0 radical (unpaired) electrons. The van der Waals surface area contributed by atoms with Gasteiger partial charge in [0.2, 0.25) is 0 Å². The summed E-state index contributed by atoms with van der Waals surface area (Å²) < 4.78 is 14.8. The summed E-state index contributed by atoms with van der Waals surface area (Å²) in [6, 6.07) is 33.1. The molecule has 0 aliphatic rings.